The van der Waals surface area contributed by atoms with Crippen LogP contribution in [-0.4, -0.2) is 15.0 Å². The van der Waals surface area contributed by atoms with Crippen LogP contribution >= 0.6 is 11.3 Å². The van der Waals surface area contributed by atoms with Crippen molar-refractivity contribution in [1.29, 1.82) is 0 Å². The highest BCUT2D eigenvalue weighted by atomic mass is 32.1. The van der Waals surface area contributed by atoms with Crippen LogP contribution in [0.15, 0.2) is 200 Å². The van der Waals surface area contributed by atoms with Crippen molar-refractivity contribution in [3.63, 3.8) is 0 Å². The molecule has 0 aliphatic rings. The third-order valence-electron chi connectivity index (χ3n) is 10.9. The Morgan fingerprint density at radius 1 is 0.246 bits per heavy atom. The van der Waals surface area contributed by atoms with E-state index in [1.165, 1.54) is 64.0 Å². The van der Waals surface area contributed by atoms with E-state index >= 15 is 0 Å². The fraction of sp³-hybridized carbons (Fsp3) is 0. The largest absolute Gasteiger partial charge is 0.208 e. The molecule has 0 aliphatic heterocycles. The van der Waals surface area contributed by atoms with Crippen LogP contribution in [0.25, 0.3) is 109 Å². The zero-order chi connectivity index (χ0) is 37.7. The molecule has 2 aromatic heterocycles. The molecule has 3 nitrogen and oxygen atoms in total. The molecule has 0 radical (unpaired) electrons. The van der Waals surface area contributed by atoms with E-state index < -0.39 is 0 Å². The predicted octanol–water partition coefficient (Wildman–Crippen LogP) is 14.5. The summed E-state index contributed by atoms with van der Waals surface area (Å²) in [5, 5.41) is 7.63. The zero-order valence-electron chi connectivity index (χ0n) is 30.8. The molecule has 4 heteroatoms. The van der Waals surface area contributed by atoms with Gasteiger partial charge in [-0.1, -0.05) is 170 Å². The van der Waals surface area contributed by atoms with Gasteiger partial charge in [0.2, 0.25) is 0 Å². The van der Waals surface area contributed by atoms with Crippen molar-refractivity contribution >= 4 is 53.1 Å². The van der Waals surface area contributed by atoms with Crippen LogP contribution in [0.4, 0.5) is 0 Å². The molecule has 0 spiro atoms. The van der Waals surface area contributed by atoms with Crippen molar-refractivity contribution in [2.75, 3.05) is 0 Å². The van der Waals surface area contributed by atoms with Crippen molar-refractivity contribution in [1.82, 2.24) is 15.0 Å². The average Bonchev–Trinajstić information content (AvgIpc) is 3.67. The number of benzene rings is 9. The van der Waals surface area contributed by atoms with Gasteiger partial charge in [0.05, 0.1) is 0 Å². The highest BCUT2D eigenvalue weighted by molar-refractivity contribution is 7.25. The Hall–Kier alpha value is -7.27. The third-order valence-corrected chi connectivity index (χ3v) is 12.1. The standard InChI is InChI=1S/C53H33N3S/c1-3-9-34(10-4-1)35-15-19-38(20-16-35)52-54-51(37-11-5-2-6-12-37)55-53(56-52)39-21-17-36(18-22-39)40-25-28-45-43(31-40)23-24-44-32-41(26-29-46(44)45)42-27-30-50-48(33-42)47-13-7-8-14-49(47)57-50/h1-33H. The predicted molar refractivity (Wildman–Crippen MR) is 240 cm³/mol. The molecule has 0 fully saturated rings. The van der Waals surface area contributed by atoms with Gasteiger partial charge in [0.25, 0.3) is 0 Å². The number of thiophene rings is 1. The van der Waals surface area contributed by atoms with Crippen molar-refractivity contribution in [2.24, 2.45) is 0 Å². The van der Waals surface area contributed by atoms with Crippen LogP contribution < -0.4 is 0 Å². The van der Waals surface area contributed by atoms with Crippen LogP contribution in [-0.2, 0) is 0 Å². The normalized spacial score (nSPS) is 11.5. The SMILES string of the molecule is c1ccc(-c2ccc(-c3nc(-c4ccccc4)nc(-c4ccc(-c5ccc6c(ccc7cc(-c8ccc9sc%10ccccc%10c9c8)ccc76)c5)cc4)n3)cc2)cc1. The first-order valence-corrected chi connectivity index (χ1v) is 20.0. The lowest BCUT2D eigenvalue weighted by Crippen LogP contribution is -2.00. The molecule has 0 bridgehead atoms. The summed E-state index contributed by atoms with van der Waals surface area (Å²) in [6, 6.07) is 71.2. The van der Waals surface area contributed by atoms with Crippen LogP contribution in [0.1, 0.15) is 0 Å². The van der Waals surface area contributed by atoms with E-state index in [-0.39, 0.29) is 0 Å². The number of fused-ring (bicyclic) bond motifs is 6. The summed E-state index contributed by atoms with van der Waals surface area (Å²) in [5.41, 5.74) is 9.95. The number of rotatable bonds is 6. The lowest BCUT2D eigenvalue weighted by Gasteiger charge is -2.11. The smallest absolute Gasteiger partial charge is 0.164 e. The minimum Gasteiger partial charge on any atom is -0.208 e. The Morgan fingerprint density at radius 3 is 1.23 bits per heavy atom. The van der Waals surface area contributed by atoms with E-state index in [2.05, 4.69) is 164 Å². The number of nitrogens with zero attached hydrogens (tertiary/aromatic N) is 3. The van der Waals surface area contributed by atoms with Crippen LogP contribution in [0.5, 0.6) is 0 Å². The first-order chi connectivity index (χ1) is 28.2. The second-order valence-electron chi connectivity index (χ2n) is 14.4. The van der Waals surface area contributed by atoms with E-state index in [0.717, 1.165) is 27.8 Å². The highest BCUT2D eigenvalue weighted by Crippen LogP contribution is 2.38. The summed E-state index contributed by atoms with van der Waals surface area (Å²) in [7, 11) is 0. The van der Waals surface area contributed by atoms with E-state index in [9.17, 15) is 0 Å². The van der Waals surface area contributed by atoms with Crippen molar-refractivity contribution < 1.29 is 0 Å². The lowest BCUT2D eigenvalue weighted by atomic mass is 9.94. The van der Waals surface area contributed by atoms with Crippen molar-refractivity contribution in [3.05, 3.63) is 200 Å². The average molecular weight is 744 g/mol. The summed E-state index contributed by atoms with van der Waals surface area (Å²) in [6.07, 6.45) is 0. The number of aromatic nitrogens is 3. The Balaban J connectivity index is 0.903. The first kappa shape index (κ1) is 33.1. The molecule has 2 heterocycles. The van der Waals surface area contributed by atoms with Gasteiger partial charge in [-0.15, -0.1) is 11.3 Å². The molecule has 0 aliphatic carbocycles. The molecular formula is C53H33N3S. The minimum atomic E-state index is 0.644. The molecule has 57 heavy (non-hydrogen) atoms. The maximum atomic E-state index is 5.00. The minimum absolute atomic E-state index is 0.644. The monoisotopic (exact) mass is 743 g/mol. The maximum absolute atomic E-state index is 5.00. The molecule has 0 amide bonds. The zero-order valence-corrected chi connectivity index (χ0v) is 31.6. The van der Waals surface area contributed by atoms with Gasteiger partial charge in [0, 0.05) is 36.9 Å². The first-order valence-electron chi connectivity index (χ1n) is 19.2. The van der Waals surface area contributed by atoms with E-state index in [4.69, 9.17) is 15.0 Å². The molecule has 266 valence electrons. The van der Waals surface area contributed by atoms with Gasteiger partial charge < -0.3 is 0 Å². The topological polar surface area (TPSA) is 38.7 Å². The van der Waals surface area contributed by atoms with Gasteiger partial charge >= 0.3 is 0 Å². The van der Waals surface area contributed by atoms with E-state index in [0.29, 0.717) is 17.5 Å². The van der Waals surface area contributed by atoms with Crippen molar-refractivity contribution in [2.45, 2.75) is 0 Å². The van der Waals surface area contributed by atoms with Gasteiger partial charge in [-0.25, -0.2) is 15.0 Å². The Bertz CT molecular complexity index is 3260. The van der Waals surface area contributed by atoms with Crippen LogP contribution in [0.2, 0.25) is 0 Å². The third kappa shape index (κ3) is 6.13. The molecule has 11 aromatic rings. The molecule has 0 saturated heterocycles. The second-order valence-corrected chi connectivity index (χ2v) is 15.5. The fourth-order valence-corrected chi connectivity index (χ4v) is 9.03. The van der Waals surface area contributed by atoms with Crippen molar-refractivity contribution in [3.8, 4) is 67.5 Å². The fourth-order valence-electron chi connectivity index (χ4n) is 7.94. The van der Waals surface area contributed by atoms with Gasteiger partial charge in [-0.05, 0) is 85.3 Å². The Kier molecular flexibility index (Phi) is 8.01. The van der Waals surface area contributed by atoms with Crippen LogP contribution in [0, 0.1) is 0 Å². The Labute approximate surface area is 334 Å². The second kappa shape index (κ2) is 13.8. The van der Waals surface area contributed by atoms with Gasteiger partial charge in [-0.3, -0.25) is 0 Å². The van der Waals surface area contributed by atoms with E-state index in [1.54, 1.807) is 0 Å². The van der Waals surface area contributed by atoms with Gasteiger partial charge in [0.15, 0.2) is 17.5 Å². The van der Waals surface area contributed by atoms with Crippen LogP contribution in [0.3, 0.4) is 0 Å². The molecule has 0 atom stereocenters. The maximum Gasteiger partial charge on any atom is 0.164 e. The number of hydrogen-bond donors (Lipinski definition) is 0. The molecule has 0 unspecified atom stereocenters. The summed E-state index contributed by atoms with van der Waals surface area (Å²) in [4.78, 5) is 14.9. The van der Waals surface area contributed by atoms with Gasteiger partial charge in [-0.2, -0.15) is 0 Å². The van der Waals surface area contributed by atoms with E-state index in [1.807, 2.05) is 47.7 Å². The summed E-state index contributed by atoms with van der Waals surface area (Å²) >= 11 is 1.86. The lowest BCUT2D eigenvalue weighted by molar-refractivity contribution is 1.07. The molecule has 11 rings (SSSR count). The highest BCUT2D eigenvalue weighted by Gasteiger charge is 2.14. The molecule has 0 N–H and O–H groups in total. The summed E-state index contributed by atoms with van der Waals surface area (Å²) < 4.78 is 2.66. The summed E-state index contributed by atoms with van der Waals surface area (Å²) in [5.74, 6) is 1.94. The van der Waals surface area contributed by atoms with Gasteiger partial charge in [0.1, 0.15) is 0 Å². The quantitative estimate of drug-likeness (QED) is 0.159. The molecule has 9 aromatic carbocycles. The number of hydrogen-bond acceptors (Lipinski definition) is 4. The molecule has 0 saturated carbocycles. The Morgan fingerprint density at radius 2 is 0.632 bits per heavy atom. The summed E-state index contributed by atoms with van der Waals surface area (Å²) in [6.45, 7) is 0. The molecular weight excluding hydrogens is 711 g/mol.